The maximum atomic E-state index is 10.6. The van der Waals surface area contributed by atoms with Gasteiger partial charge in [-0.15, -0.1) is 11.3 Å². The van der Waals surface area contributed by atoms with E-state index in [0.717, 1.165) is 10.1 Å². The molecule has 1 heterocycles. The van der Waals surface area contributed by atoms with Gasteiger partial charge in [0.15, 0.2) is 6.10 Å². The summed E-state index contributed by atoms with van der Waals surface area (Å²) in [6.45, 7) is 0. The lowest BCUT2D eigenvalue weighted by molar-refractivity contribution is -0.146. The summed E-state index contributed by atoms with van der Waals surface area (Å²) in [6.07, 6.45) is -1.54. The molecule has 0 aliphatic carbocycles. The van der Waals surface area contributed by atoms with Gasteiger partial charge in [-0.2, -0.15) is 0 Å². The van der Waals surface area contributed by atoms with Gasteiger partial charge in [0.2, 0.25) is 0 Å². The fraction of sp³-hybridized carbons (Fsp3) is 0.100. The van der Waals surface area contributed by atoms with Gasteiger partial charge in [0.05, 0.1) is 0 Å². The van der Waals surface area contributed by atoms with Crippen molar-refractivity contribution in [2.75, 3.05) is 0 Å². The number of aliphatic hydroxyl groups is 1. The van der Waals surface area contributed by atoms with Crippen LogP contribution in [0.15, 0.2) is 24.3 Å². The predicted octanol–water partition coefficient (Wildman–Crippen LogP) is 0.813. The lowest BCUT2D eigenvalue weighted by Gasteiger charge is -2.03. The summed E-state index contributed by atoms with van der Waals surface area (Å²) in [4.78, 5) is 10.9. The van der Waals surface area contributed by atoms with Crippen LogP contribution in [0.3, 0.4) is 0 Å². The fourth-order valence-corrected chi connectivity index (χ4v) is 2.50. The molecule has 1 unspecified atom stereocenters. The highest BCUT2D eigenvalue weighted by atomic mass is 32.1. The molecule has 74 valence electrons. The molecule has 2 N–H and O–H groups in total. The van der Waals surface area contributed by atoms with E-state index in [1.165, 1.54) is 11.3 Å². The van der Waals surface area contributed by atoms with E-state index in [4.69, 9.17) is 13.0 Å². The molecule has 2 radical (unpaired) electrons. The second-order valence-electron chi connectivity index (χ2n) is 3.12. The zero-order valence-corrected chi connectivity index (χ0v) is 8.49. The van der Waals surface area contributed by atoms with E-state index in [2.05, 4.69) is 0 Å². The molecule has 1 aromatic heterocycles. The van der Waals surface area contributed by atoms with Crippen molar-refractivity contribution in [1.82, 2.24) is 0 Å². The van der Waals surface area contributed by atoms with Crippen molar-refractivity contribution < 1.29 is 15.0 Å². The van der Waals surface area contributed by atoms with Crippen LogP contribution in [0, 0.1) is 0 Å². The van der Waals surface area contributed by atoms with Crippen LogP contribution in [-0.2, 0) is 4.79 Å². The number of carboxylic acids is 1. The molecular weight excluding hydrogens is 211 g/mol. The van der Waals surface area contributed by atoms with E-state index >= 15 is 0 Å². The number of hydrogen-bond acceptors (Lipinski definition) is 3. The molecule has 2 rings (SSSR count). The number of carboxylic acid groups (broad SMARTS) is 1. The summed E-state index contributed by atoms with van der Waals surface area (Å²) in [5.41, 5.74) is 0.352. The summed E-state index contributed by atoms with van der Waals surface area (Å²) < 4.78 is 0.880. The molecule has 0 spiro atoms. The van der Waals surface area contributed by atoms with Gasteiger partial charge in [-0.05, 0) is 11.5 Å². The smallest absolute Gasteiger partial charge is 0.338 e. The van der Waals surface area contributed by atoms with E-state index in [9.17, 15) is 9.90 Å². The van der Waals surface area contributed by atoms with Crippen LogP contribution in [0.5, 0.6) is 0 Å². The Labute approximate surface area is 91.4 Å². The monoisotopic (exact) mass is 218 g/mol. The summed E-state index contributed by atoms with van der Waals surface area (Å²) in [6, 6.07) is 7.31. The molecule has 0 aliphatic heterocycles. The van der Waals surface area contributed by atoms with Crippen molar-refractivity contribution >= 4 is 40.7 Å². The van der Waals surface area contributed by atoms with Gasteiger partial charge in [0.25, 0.3) is 0 Å². The third-order valence-electron chi connectivity index (χ3n) is 2.14. The Kier molecular flexibility index (Phi) is 2.50. The number of thiophene rings is 1. The molecule has 0 amide bonds. The Hall–Kier alpha value is -1.33. The predicted molar refractivity (Wildman–Crippen MR) is 59.8 cm³/mol. The molecule has 1 aromatic carbocycles. The first-order chi connectivity index (χ1) is 7.11. The maximum Gasteiger partial charge on any atom is 0.338 e. The molecule has 1 atom stereocenters. The average molecular weight is 218 g/mol. The molecule has 2 aromatic rings. The van der Waals surface area contributed by atoms with Crippen molar-refractivity contribution in [3.05, 3.63) is 29.1 Å². The molecule has 0 saturated heterocycles. The number of carbonyl (C=O) groups is 1. The van der Waals surface area contributed by atoms with Crippen molar-refractivity contribution in [3.63, 3.8) is 0 Å². The van der Waals surface area contributed by atoms with E-state index in [0.29, 0.717) is 10.3 Å². The standard InChI is InChI=1S/C10H7BO3S/c11-7-5-3-1-2-4-6(5)15-9(7)8(12)10(13)14/h1-4,8,12H,(H,13,14). The van der Waals surface area contributed by atoms with Crippen molar-refractivity contribution in [2.24, 2.45) is 0 Å². The van der Waals surface area contributed by atoms with Crippen LogP contribution in [0.4, 0.5) is 0 Å². The van der Waals surface area contributed by atoms with Crippen LogP contribution in [0.1, 0.15) is 11.0 Å². The molecular formula is C10H7BO3S. The highest BCUT2D eigenvalue weighted by Crippen LogP contribution is 2.27. The zero-order valence-electron chi connectivity index (χ0n) is 7.68. The van der Waals surface area contributed by atoms with E-state index < -0.39 is 12.1 Å². The number of hydrogen-bond donors (Lipinski definition) is 2. The Bertz CT molecular complexity index is 520. The van der Waals surface area contributed by atoms with Gasteiger partial charge in [0, 0.05) is 9.58 Å². The molecule has 0 fully saturated rings. The average Bonchev–Trinajstić information content (AvgIpc) is 2.56. The Balaban J connectivity index is 2.63. The number of aliphatic carboxylic acids is 1. The van der Waals surface area contributed by atoms with Crippen molar-refractivity contribution in [3.8, 4) is 0 Å². The second-order valence-corrected chi connectivity index (χ2v) is 4.20. The summed E-state index contributed by atoms with van der Waals surface area (Å²) in [5, 5.41) is 18.9. The fourth-order valence-electron chi connectivity index (χ4n) is 1.40. The molecule has 0 saturated carbocycles. The third-order valence-corrected chi connectivity index (χ3v) is 3.38. The van der Waals surface area contributed by atoms with Crippen LogP contribution in [0.25, 0.3) is 10.1 Å². The Morgan fingerprint density at radius 3 is 2.67 bits per heavy atom. The molecule has 15 heavy (non-hydrogen) atoms. The number of rotatable bonds is 2. The van der Waals surface area contributed by atoms with Gasteiger partial charge in [-0.25, -0.2) is 4.79 Å². The first-order valence-electron chi connectivity index (χ1n) is 4.29. The van der Waals surface area contributed by atoms with E-state index in [1.807, 2.05) is 18.2 Å². The largest absolute Gasteiger partial charge is 0.479 e. The minimum absolute atomic E-state index is 0.295. The Morgan fingerprint density at radius 1 is 1.40 bits per heavy atom. The molecule has 3 nitrogen and oxygen atoms in total. The maximum absolute atomic E-state index is 10.6. The normalized spacial score (nSPS) is 12.9. The van der Waals surface area contributed by atoms with Gasteiger partial charge in [-0.3, -0.25) is 0 Å². The second kappa shape index (κ2) is 3.68. The third kappa shape index (κ3) is 1.64. The van der Waals surface area contributed by atoms with Crippen molar-refractivity contribution in [1.29, 1.82) is 0 Å². The van der Waals surface area contributed by atoms with Gasteiger partial charge in [0.1, 0.15) is 7.85 Å². The summed E-state index contributed by atoms with van der Waals surface area (Å²) >= 11 is 1.20. The van der Waals surface area contributed by atoms with Crippen LogP contribution >= 0.6 is 11.3 Å². The van der Waals surface area contributed by atoms with Crippen molar-refractivity contribution in [2.45, 2.75) is 6.10 Å². The minimum atomic E-state index is -1.54. The lowest BCUT2D eigenvalue weighted by Crippen LogP contribution is -2.17. The quantitative estimate of drug-likeness (QED) is 0.733. The molecule has 5 heteroatoms. The number of fused-ring (bicyclic) bond motifs is 1. The zero-order chi connectivity index (χ0) is 11.0. The van der Waals surface area contributed by atoms with Crippen LogP contribution in [0.2, 0.25) is 0 Å². The molecule has 0 aliphatic rings. The van der Waals surface area contributed by atoms with E-state index in [1.54, 1.807) is 6.07 Å². The minimum Gasteiger partial charge on any atom is -0.479 e. The topological polar surface area (TPSA) is 57.5 Å². The SMILES string of the molecule is [B]c1c(C(O)C(=O)O)sc2ccccc12. The van der Waals surface area contributed by atoms with Gasteiger partial charge < -0.3 is 10.2 Å². The summed E-state index contributed by atoms with van der Waals surface area (Å²) in [7, 11) is 5.76. The Morgan fingerprint density at radius 2 is 2.07 bits per heavy atom. The first kappa shape index (κ1) is 10.2. The van der Waals surface area contributed by atoms with E-state index in [-0.39, 0.29) is 0 Å². The highest BCUT2D eigenvalue weighted by molar-refractivity contribution is 7.20. The first-order valence-corrected chi connectivity index (χ1v) is 5.10. The van der Waals surface area contributed by atoms with Crippen LogP contribution in [-0.4, -0.2) is 24.0 Å². The number of benzene rings is 1. The highest BCUT2D eigenvalue weighted by Gasteiger charge is 2.21. The number of aliphatic hydroxyl groups excluding tert-OH is 1. The summed E-state index contributed by atoms with van der Waals surface area (Å²) in [5.74, 6) is -1.28. The van der Waals surface area contributed by atoms with Gasteiger partial charge >= 0.3 is 5.97 Å². The van der Waals surface area contributed by atoms with Crippen LogP contribution < -0.4 is 5.46 Å². The lowest BCUT2D eigenvalue weighted by atomic mass is 9.91. The van der Waals surface area contributed by atoms with Gasteiger partial charge in [-0.1, -0.05) is 23.7 Å². The molecule has 0 bridgehead atoms.